The highest BCUT2D eigenvalue weighted by atomic mass is 32.2. The molecule has 0 saturated carbocycles. The van der Waals surface area contributed by atoms with Crippen LogP contribution in [0.25, 0.3) is 0 Å². The van der Waals surface area contributed by atoms with Gasteiger partial charge in [-0.05, 0) is 44.1 Å². The van der Waals surface area contributed by atoms with Gasteiger partial charge in [0, 0.05) is 6.42 Å². The summed E-state index contributed by atoms with van der Waals surface area (Å²) in [6, 6.07) is -4.75. The van der Waals surface area contributed by atoms with Gasteiger partial charge in [0.2, 0.25) is 23.6 Å². The van der Waals surface area contributed by atoms with Crippen molar-refractivity contribution in [1.29, 1.82) is 0 Å². The van der Waals surface area contributed by atoms with Crippen molar-refractivity contribution in [3.8, 4) is 0 Å². The quantitative estimate of drug-likeness (QED) is 0.131. The van der Waals surface area contributed by atoms with Gasteiger partial charge in [0.05, 0.1) is 6.10 Å². The van der Waals surface area contributed by atoms with Crippen LogP contribution in [0.4, 0.5) is 0 Å². The molecule has 0 aliphatic heterocycles. The van der Waals surface area contributed by atoms with E-state index in [-0.39, 0.29) is 31.6 Å². The van der Waals surface area contributed by atoms with E-state index in [1.54, 1.807) is 6.26 Å². The average Bonchev–Trinajstić information content (AvgIpc) is 2.71. The van der Waals surface area contributed by atoms with Crippen molar-refractivity contribution in [2.24, 2.45) is 17.4 Å². The summed E-state index contributed by atoms with van der Waals surface area (Å²) in [4.78, 5) is 60.6. The molecule has 190 valence electrons. The Morgan fingerprint density at radius 1 is 0.879 bits per heavy atom. The van der Waals surface area contributed by atoms with E-state index in [2.05, 4.69) is 16.0 Å². The average molecular weight is 492 g/mol. The van der Waals surface area contributed by atoms with E-state index in [4.69, 9.17) is 11.5 Å². The second-order valence-corrected chi connectivity index (χ2v) is 9.19. The van der Waals surface area contributed by atoms with Gasteiger partial charge in [-0.25, -0.2) is 4.79 Å². The Balaban J connectivity index is 5.54. The third kappa shape index (κ3) is 12.4. The van der Waals surface area contributed by atoms with Crippen molar-refractivity contribution in [1.82, 2.24) is 16.0 Å². The third-order valence-electron chi connectivity index (χ3n) is 4.70. The molecule has 5 unspecified atom stereocenters. The van der Waals surface area contributed by atoms with Gasteiger partial charge in [-0.1, -0.05) is 13.8 Å². The second kappa shape index (κ2) is 15.5. The summed E-state index contributed by atoms with van der Waals surface area (Å²) in [6.07, 6.45) is 0.646. The first-order valence-corrected chi connectivity index (χ1v) is 12.0. The number of nitrogens with two attached hydrogens (primary N) is 2. The number of aliphatic hydroxyl groups is 1. The molecule has 12 nitrogen and oxygen atoms in total. The first-order valence-electron chi connectivity index (χ1n) is 10.6. The minimum atomic E-state index is -1.26. The zero-order valence-electron chi connectivity index (χ0n) is 19.5. The Bertz CT molecular complexity index is 690. The van der Waals surface area contributed by atoms with E-state index in [0.29, 0.717) is 5.75 Å². The molecule has 33 heavy (non-hydrogen) atoms. The van der Waals surface area contributed by atoms with Crippen LogP contribution in [0.1, 0.15) is 46.5 Å². The molecule has 0 rings (SSSR count). The smallest absolute Gasteiger partial charge is 0.326 e. The highest BCUT2D eigenvalue weighted by molar-refractivity contribution is 7.98. The van der Waals surface area contributed by atoms with Crippen LogP contribution in [0.2, 0.25) is 0 Å². The lowest BCUT2D eigenvalue weighted by molar-refractivity contribution is -0.142. The molecule has 0 heterocycles. The Kier molecular flexibility index (Phi) is 14.3. The van der Waals surface area contributed by atoms with Crippen molar-refractivity contribution >= 4 is 41.4 Å². The van der Waals surface area contributed by atoms with Crippen molar-refractivity contribution < 1.29 is 34.2 Å². The fraction of sp³-hybridized carbons (Fsp3) is 0.750. The van der Waals surface area contributed by atoms with Gasteiger partial charge in [0.15, 0.2) is 0 Å². The molecule has 13 heteroatoms. The van der Waals surface area contributed by atoms with Gasteiger partial charge in [-0.15, -0.1) is 0 Å². The summed E-state index contributed by atoms with van der Waals surface area (Å²) in [5, 5.41) is 26.2. The van der Waals surface area contributed by atoms with Gasteiger partial charge in [-0.2, -0.15) is 11.8 Å². The monoisotopic (exact) mass is 491 g/mol. The van der Waals surface area contributed by atoms with Gasteiger partial charge >= 0.3 is 5.97 Å². The van der Waals surface area contributed by atoms with Crippen LogP contribution < -0.4 is 27.4 Å². The molecule has 4 amide bonds. The van der Waals surface area contributed by atoms with Crippen LogP contribution in [0.15, 0.2) is 0 Å². The van der Waals surface area contributed by atoms with Crippen LogP contribution in [0.3, 0.4) is 0 Å². The normalized spacial score (nSPS) is 15.6. The molecular formula is C20H37N5O7S. The summed E-state index contributed by atoms with van der Waals surface area (Å²) in [7, 11) is 0. The Morgan fingerprint density at radius 3 is 1.85 bits per heavy atom. The lowest BCUT2D eigenvalue weighted by Gasteiger charge is -2.26. The van der Waals surface area contributed by atoms with Crippen LogP contribution in [-0.2, 0) is 24.0 Å². The Hall–Kier alpha value is -2.38. The number of hydrogen-bond donors (Lipinski definition) is 7. The number of nitrogens with one attached hydrogen (secondary N) is 3. The largest absolute Gasteiger partial charge is 0.480 e. The molecular weight excluding hydrogens is 454 g/mol. The molecule has 0 aromatic carbocycles. The summed E-state index contributed by atoms with van der Waals surface area (Å²) in [6.45, 7) is 4.98. The first kappa shape index (κ1) is 30.6. The van der Waals surface area contributed by atoms with E-state index in [0.717, 1.165) is 0 Å². The number of aliphatic hydroxyl groups excluding tert-OH is 1. The van der Waals surface area contributed by atoms with Gasteiger partial charge in [-0.3, -0.25) is 19.2 Å². The number of carboxylic acid groups (broad SMARTS) is 1. The minimum absolute atomic E-state index is 0.0235. The number of carbonyl (C=O) groups is 5. The van der Waals surface area contributed by atoms with Gasteiger partial charge < -0.3 is 37.6 Å². The number of aliphatic carboxylic acids is 1. The molecule has 0 radical (unpaired) electrons. The molecule has 0 aromatic rings. The molecule has 0 aromatic heterocycles. The molecule has 0 aliphatic rings. The summed E-state index contributed by atoms with van der Waals surface area (Å²) in [5.41, 5.74) is 10.8. The summed E-state index contributed by atoms with van der Waals surface area (Å²) in [5.74, 6) is -3.70. The second-order valence-electron chi connectivity index (χ2n) is 8.20. The van der Waals surface area contributed by atoms with Gasteiger partial charge in [0.25, 0.3) is 0 Å². The number of primary amides is 1. The van der Waals surface area contributed by atoms with Crippen molar-refractivity contribution in [2.75, 3.05) is 12.0 Å². The molecule has 0 spiro atoms. The number of carboxylic acids is 1. The Morgan fingerprint density at radius 2 is 1.39 bits per heavy atom. The number of hydrogen-bond acceptors (Lipinski definition) is 8. The van der Waals surface area contributed by atoms with Crippen molar-refractivity contribution in [3.05, 3.63) is 0 Å². The van der Waals surface area contributed by atoms with Crippen molar-refractivity contribution in [2.45, 2.75) is 76.7 Å². The minimum Gasteiger partial charge on any atom is -0.480 e. The lowest BCUT2D eigenvalue weighted by atomic mass is 10.0. The van der Waals surface area contributed by atoms with Crippen LogP contribution in [-0.4, -0.2) is 82.1 Å². The molecule has 0 bridgehead atoms. The van der Waals surface area contributed by atoms with E-state index in [1.807, 2.05) is 13.8 Å². The predicted molar refractivity (Wildman–Crippen MR) is 124 cm³/mol. The zero-order valence-corrected chi connectivity index (χ0v) is 20.3. The van der Waals surface area contributed by atoms with Crippen LogP contribution in [0, 0.1) is 5.92 Å². The maximum absolute atomic E-state index is 12.9. The standard InChI is InChI=1S/C20H37N5O7S/c1-10(2)9-14(25-19(30)16(22)11(3)26)18(29)23-12(5-6-15(21)27)17(28)24-13(20(31)32)7-8-33-4/h10-14,16,26H,5-9,22H2,1-4H3,(H2,21,27)(H,23,29)(H,24,28)(H,25,30)(H,31,32). The SMILES string of the molecule is CSCCC(NC(=O)C(CCC(N)=O)NC(=O)C(CC(C)C)NC(=O)C(N)C(C)O)C(=O)O. The summed E-state index contributed by atoms with van der Waals surface area (Å²) >= 11 is 1.41. The number of amides is 4. The van der Waals surface area contributed by atoms with Gasteiger partial charge in [0.1, 0.15) is 24.2 Å². The molecule has 5 atom stereocenters. The molecule has 0 saturated heterocycles. The summed E-state index contributed by atoms with van der Waals surface area (Å²) < 4.78 is 0. The fourth-order valence-electron chi connectivity index (χ4n) is 2.78. The lowest BCUT2D eigenvalue weighted by Crippen LogP contribution is -2.58. The highest BCUT2D eigenvalue weighted by Crippen LogP contribution is 2.08. The number of rotatable bonds is 16. The molecule has 0 aliphatic carbocycles. The maximum Gasteiger partial charge on any atom is 0.326 e. The molecule has 9 N–H and O–H groups in total. The van der Waals surface area contributed by atoms with E-state index >= 15 is 0 Å². The van der Waals surface area contributed by atoms with Crippen LogP contribution >= 0.6 is 11.8 Å². The van der Waals surface area contributed by atoms with E-state index in [9.17, 15) is 34.2 Å². The van der Waals surface area contributed by atoms with E-state index < -0.39 is 59.9 Å². The number of thioether (sulfide) groups is 1. The molecule has 0 fully saturated rings. The zero-order chi connectivity index (χ0) is 25.7. The predicted octanol–water partition coefficient (Wildman–Crippen LogP) is -1.70. The van der Waals surface area contributed by atoms with Crippen LogP contribution in [0.5, 0.6) is 0 Å². The fourth-order valence-corrected chi connectivity index (χ4v) is 3.25. The number of carbonyl (C=O) groups excluding carboxylic acids is 4. The third-order valence-corrected chi connectivity index (χ3v) is 5.34. The maximum atomic E-state index is 12.9. The van der Waals surface area contributed by atoms with E-state index in [1.165, 1.54) is 18.7 Å². The topological polar surface area (TPSA) is 214 Å². The van der Waals surface area contributed by atoms with Crippen molar-refractivity contribution in [3.63, 3.8) is 0 Å². The Labute approximate surface area is 198 Å². The first-order chi connectivity index (χ1) is 15.3. The highest BCUT2D eigenvalue weighted by Gasteiger charge is 2.31.